The molecule has 1 amide bonds. The van der Waals surface area contributed by atoms with Gasteiger partial charge in [0, 0.05) is 56.8 Å². The van der Waals surface area contributed by atoms with Crippen LogP contribution in [-0.4, -0.2) is 71.5 Å². The molecule has 1 atom stereocenters. The minimum Gasteiger partial charge on any atom is -0.376 e. The Morgan fingerprint density at radius 2 is 2.03 bits per heavy atom. The predicted molar refractivity (Wildman–Crippen MR) is 132 cm³/mol. The van der Waals surface area contributed by atoms with Crippen molar-refractivity contribution < 1.29 is 4.79 Å². The average molecular weight is 451 g/mol. The van der Waals surface area contributed by atoms with Crippen LogP contribution in [0.4, 0.5) is 11.5 Å². The monoisotopic (exact) mass is 450 g/mol. The number of amides is 1. The van der Waals surface area contributed by atoms with E-state index in [1.54, 1.807) is 18.5 Å². The van der Waals surface area contributed by atoms with Crippen LogP contribution in [0.15, 0.2) is 47.5 Å². The van der Waals surface area contributed by atoms with E-state index in [0.717, 1.165) is 56.0 Å². The fourth-order valence-corrected chi connectivity index (χ4v) is 4.57. The first-order chi connectivity index (χ1) is 16.1. The maximum absolute atomic E-state index is 12.7. The SMILES string of the molecule is CNc1cc(-c2c[nH]c(=O)c(N[C@@H]3CCCN(C(=O)C=CCN4CCCCC4)C3)c2)ccn1. The van der Waals surface area contributed by atoms with Crippen molar-refractivity contribution in [2.24, 2.45) is 0 Å². The van der Waals surface area contributed by atoms with E-state index in [1.165, 1.54) is 19.3 Å². The molecule has 2 aliphatic heterocycles. The van der Waals surface area contributed by atoms with Crippen molar-refractivity contribution in [1.82, 2.24) is 19.8 Å². The predicted octanol–water partition coefficient (Wildman–Crippen LogP) is 2.92. The summed E-state index contributed by atoms with van der Waals surface area (Å²) in [5, 5.41) is 6.41. The number of hydrogen-bond acceptors (Lipinski definition) is 6. The van der Waals surface area contributed by atoms with Gasteiger partial charge in [0.2, 0.25) is 5.91 Å². The molecular formula is C25H34N6O2. The molecule has 176 valence electrons. The van der Waals surface area contributed by atoms with E-state index in [2.05, 4.69) is 25.5 Å². The fourth-order valence-electron chi connectivity index (χ4n) is 4.57. The summed E-state index contributed by atoms with van der Waals surface area (Å²) in [6, 6.07) is 5.76. The Hall–Kier alpha value is -3.13. The second-order valence-electron chi connectivity index (χ2n) is 8.84. The second-order valence-corrected chi connectivity index (χ2v) is 8.84. The summed E-state index contributed by atoms with van der Waals surface area (Å²) >= 11 is 0. The second kappa shape index (κ2) is 11.1. The number of likely N-dealkylation sites (tertiary alicyclic amines) is 2. The molecule has 0 spiro atoms. The summed E-state index contributed by atoms with van der Waals surface area (Å²) in [5.41, 5.74) is 2.23. The largest absolute Gasteiger partial charge is 0.376 e. The number of carbonyl (C=O) groups excluding carboxylic acids is 1. The zero-order valence-electron chi connectivity index (χ0n) is 19.3. The molecular weight excluding hydrogens is 416 g/mol. The Kier molecular flexibility index (Phi) is 7.78. The molecule has 4 rings (SSSR count). The lowest BCUT2D eigenvalue weighted by molar-refractivity contribution is -0.127. The summed E-state index contributed by atoms with van der Waals surface area (Å²) in [5.74, 6) is 0.820. The molecule has 0 aliphatic carbocycles. The van der Waals surface area contributed by atoms with Crippen LogP contribution in [-0.2, 0) is 4.79 Å². The van der Waals surface area contributed by atoms with Gasteiger partial charge in [-0.25, -0.2) is 4.98 Å². The zero-order valence-corrected chi connectivity index (χ0v) is 19.3. The lowest BCUT2D eigenvalue weighted by Crippen LogP contribution is -2.45. The highest BCUT2D eigenvalue weighted by molar-refractivity contribution is 5.87. The number of aromatic amines is 1. The molecule has 2 aromatic rings. The first kappa shape index (κ1) is 23.0. The topological polar surface area (TPSA) is 93.4 Å². The van der Waals surface area contributed by atoms with Crippen molar-refractivity contribution in [1.29, 1.82) is 0 Å². The maximum Gasteiger partial charge on any atom is 0.271 e. The van der Waals surface area contributed by atoms with E-state index in [4.69, 9.17) is 0 Å². The van der Waals surface area contributed by atoms with Gasteiger partial charge < -0.3 is 20.5 Å². The standard InChI is InChI=1S/C25H34N6O2/c1-26-23-16-19(9-10-27-23)20-15-22(25(33)28-17-20)29-21-7-5-14-31(18-21)24(32)8-6-13-30-11-3-2-4-12-30/h6,8-10,15-17,21,29H,2-5,7,11-14,18H2,1H3,(H,26,27)(H,28,33)/t21-/m1/s1. The number of pyridine rings is 2. The van der Waals surface area contributed by atoms with Gasteiger partial charge in [0.25, 0.3) is 5.56 Å². The number of rotatable bonds is 7. The average Bonchev–Trinajstić information content (AvgIpc) is 2.86. The summed E-state index contributed by atoms with van der Waals surface area (Å²) in [7, 11) is 1.82. The number of aromatic nitrogens is 2. The van der Waals surface area contributed by atoms with E-state index in [0.29, 0.717) is 12.2 Å². The molecule has 0 aromatic carbocycles. The van der Waals surface area contributed by atoms with Gasteiger partial charge in [0.1, 0.15) is 11.5 Å². The number of H-pyrrole nitrogens is 1. The Balaban J connectivity index is 1.37. The van der Waals surface area contributed by atoms with Crippen molar-refractivity contribution in [3.63, 3.8) is 0 Å². The normalized spacial score (nSPS) is 19.5. The Bertz CT molecular complexity index is 1030. The molecule has 2 aromatic heterocycles. The van der Waals surface area contributed by atoms with E-state index in [9.17, 15) is 9.59 Å². The number of carbonyl (C=O) groups is 1. The third-order valence-electron chi connectivity index (χ3n) is 6.42. The van der Waals surface area contributed by atoms with Crippen LogP contribution >= 0.6 is 0 Å². The van der Waals surface area contributed by atoms with Crippen molar-refractivity contribution in [2.45, 2.75) is 38.1 Å². The minimum atomic E-state index is -0.161. The molecule has 0 bridgehead atoms. The number of nitrogens with zero attached hydrogens (tertiary/aromatic N) is 3. The van der Waals surface area contributed by atoms with Crippen LogP contribution in [0.3, 0.4) is 0 Å². The van der Waals surface area contributed by atoms with Crippen molar-refractivity contribution in [2.75, 3.05) is 50.4 Å². The molecule has 8 nitrogen and oxygen atoms in total. The van der Waals surface area contributed by atoms with Gasteiger partial charge in [-0.1, -0.05) is 12.5 Å². The highest BCUT2D eigenvalue weighted by atomic mass is 16.2. The van der Waals surface area contributed by atoms with Gasteiger partial charge in [0.05, 0.1) is 0 Å². The molecule has 33 heavy (non-hydrogen) atoms. The molecule has 2 fully saturated rings. The summed E-state index contributed by atoms with van der Waals surface area (Å²) in [6.45, 7) is 4.43. The molecule has 2 aliphatic rings. The van der Waals surface area contributed by atoms with E-state index in [1.807, 2.05) is 36.2 Å². The van der Waals surface area contributed by atoms with Gasteiger partial charge in [-0.05, 0) is 62.5 Å². The molecule has 8 heteroatoms. The highest BCUT2D eigenvalue weighted by Crippen LogP contribution is 2.23. The molecule has 3 N–H and O–H groups in total. The first-order valence-electron chi connectivity index (χ1n) is 11.9. The lowest BCUT2D eigenvalue weighted by Gasteiger charge is -2.33. The first-order valence-corrected chi connectivity index (χ1v) is 11.9. The Morgan fingerprint density at radius 1 is 1.18 bits per heavy atom. The van der Waals surface area contributed by atoms with Crippen LogP contribution in [0.25, 0.3) is 11.1 Å². The van der Waals surface area contributed by atoms with Crippen LogP contribution in [0.5, 0.6) is 0 Å². The van der Waals surface area contributed by atoms with Crippen molar-refractivity contribution >= 4 is 17.4 Å². The van der Waals surface area contributed by atoms with E-state index in [-0.39, 0.29) is 17.5 Å². The third kappa shape index (κ3) is 6.22. The molecule has 0 radical (unpaired) electrons. The summed E-state index contributed by atoms with van der Waals surface area (Å²) in [4.78, 5) is 36.5. The van der Waals surface area contributed by atoms with Gasteiger partial charge in [0.15, 0.2) is 0 Å². The Morgan fingerprint density at radius 3 is 2.85 bits per heavy atom. The van der Waals surface area contributed by atoms with Crippen molar-refractivity contribution in [3.8, 4) is 11.1 Å². The number of anilines is 2. The molecule has 4 heterocycles. The van der Waals surface area contributed by atoms with Crippen molar-refractivity contribution in [3.05, 3.63) is 53.1 Å². The van der Waals surface area contributed by atoms with Gasteiger partial charge >= 0.3 is 0 Å². The maximum atomic E-state index is 12.7. The number of hydrogen-bond donors (Lipinski definition) is 3. The molecule has 2 saturated heterocycles. The number of nitrogens with one attached hydrogen (secondary N) is 3. The van der Waals surface area contributed by atoms with Crippen LogP contribution in [0, 0.1) is 0 Å². The third-order valence-corrected chi connectivity index (χ3v) is 6.42. The summed E-state index contributed by atoms with van der Waals surface area (Å²) < 4.78 is 0. The van der Waals surface area contributed by atoms with Gasteiger partial charge in [-0.2, -0.15) is 0 Å². The highest BCUT2D eigenvalue weighted by Gasteiger charge is 2.23. The fraction of sp³-hybridized carbons (Fsp3) is 0.480. The smallest absolute Gasteiger partial charge is 0.271 e. The van der Waals surface area contributed by atoms with Crippen LogP contribution in [0.1, 0.15) is 32.1 Å². The number of piperidine rings is 2. The van der Waals surface area contributed by atoms with Crippen LogP contribution in [0.2, 0.25) is 0 Å². The zero-order chi connectivity index (χ0) is 23.0. The molecule has 0 unspecified atom stereocenters. The summed E-state index contributed by atoms with van der Waals surface area (Å²) in [6.07, 6.45) is 12.8. The van der Waals surface area contributed by atoms with Gasteiger partial charge in [-0.15, -0.1) is 0 Å². The molecule has 0 saturated carbocycles. The quantitative estimate of drug-likeness (QED) is 0.562. The Labute approximate surface area is 195 Å². The van der Waals surface area contributed by atoms with E-state index >= 15 is 0 Å². The minimum absolute atomic E-state index is 0.0415. The van der Waals surface area contributed by atoms with Gasteiger partial charge in [-0.3, -0.25) is 14.5 Å². The van der Waals surface area contributed by atoms with Crippen LogP contribution < -0.4 is 16.2 Å². The van der Waals surface area contributed by atoms with E-state index < -0.39 is 0 Å². The lowest BCUT2D eigenvalue weighted by atomic mass is 10.0.